The van der Waals surface area contributed by atoms with Crippen LogP contribution in [0.25, 0.3) is 0 Å². The van der Waals surface area contributed by atoms with Crippen LogP contribution in [0.1, 0.15) is 42.4 Å². The van der Waals surface area contributed by atoms with Crippen molar-refractivity contribution in [3.05, 3.63) is 120 Å². The van der Waals surface area contributed by atoms with Gasteiger partial charge in [-0.3, -0.25) is 0 Å². The molecule has 0 aromatic heterocycles. The highest BCUT2D eigenvalue weighted by atomic mass is 16.5. The Balaban J connectivity index is 1.85. The maximum absolute atomic E-state index is 10.9. The second kappa shape index (κ2) is 10.6. The minimum atomic E-state index is -0.914. The molecule has 1 N–H and O–H groups in total. The van der Waals surface area contributed by atoms with Crippen LogP contribution in [0.4, 0.5) is 0 Å². The number of benzene rings is 3. The Morgan fingerprint density at radius 1 is 0.733 bits per heavy atom. The molecule has 0 heterocycles. The van der Waals surface area contributed by atoms with Gasteiger partial charge >= 0.3 is 5.97 Å². The monoisotopic (exact) mass is 400 g/mol. The van der Waals surface area contributed by atoms with Gasteiger partial charge in [0, 0.05) is 12.2 Å². The van der Waals surface area contributed by atoms with Gasteiger partial charge in [0.15, 0.2) is 0 Å². The predicted octanol–water partition coefficient (Wildman–Crippen LogP) is 6.20. The first-order valence-corrected chi connectivity index (χ1v) is 10.4. The third-order valence-electron chi connectivity index (χ3n) is 5.28. The van der Waals surface area contributed by atoms with Crippen molar-refractivity contribution in [1.82, 2.24) is 0 Å². The highest BCUT2D eigenvalue weighted by molar-refractivity contribution is 5.85. The fourth-order valence-corrected chi connectivity index (χ4v) is 3.72. The third-order valence-corrected chi connectivity index (χ3v) is 5.28. The number of unbranched alkanes of at least 4 members (excludes halogenated alkanes) is 2. The summed E-state index contributed by atoms with van der Waals surface area (Å²) in [6.45, 7) is 4.17. The quantitative estimate of drug-likeness (QED) is 0.237. The molecule has 3 nitrogen and oxygen atoms in total. The molecule has 0 saturated carbocycles. The normalized spacial score (nSPS) is 11.2. The van der Waals surface area contributed by atoms with E-state index in [-0.39, 0.29) is 5.57 Å². The summed E-state index contributed by atoms with van der Waals surface area (Å²) >= 11 is 0. The summed E-state index contributed by atoms with van der Waals surface area (Å²) in [6.07, 6.45) is 3.04. The highest BCUT2D eigenvalue weighted by Crippen LogP contribution is 2.40. The lowest BCUT2D eigenvalue weighted by Crippen LogP contribution is -2.33. The van der Waals surface area contributed by atoms with Crippen molar-refractivity contribution < 1.29 is 14.6 Å². The molecule has 3 rings (SSSR count). The molecule has 154 valence electrons. The molecule has 0 bridgehead atoms. The minimum absolute atomic E-state index is 0.267. The molecule has 3 aromatic rings. The second-order valence-electron chi connectivity index (χ2n) is 7.35. The average molecular weight is 401 g/mol. The van der Waals surface area contributed by atoms with Crippen molar-refractivity contribution in [1.29, 1.82) is 0 Å². The highest BCUT2D eigenvalue weighted by Gasteiger charge is 2.37. The summed E-state index contributed by atoms with van der Waals surface area (Å²) in [5.74, 6) is -0.914. The number of carboxylic acids is 1. The van der Waals surface area contributed by atoms with Crippen LogP contribution in [0, 0.1) is 0 Å². The molecule has 0 radical (unpaired) electrons. The zero-order valence-electron chi connectivity index (χ0n) is 17.2. The number of carboxylic acid groups (broad SMARTS) is 1. The number of ether oxygens (including phenoxy) is 1. The lowest BCUT2D eigenvalue weighted by atomic mass is 9.80. The molecule has 0 atom stereocenters. The first-order valence-electron chi connectivity index (χ1n) is 10.4. The van der Waals surface area contributed by atoms with Gasteiger partial charge in [-0.1, -0.05) is 104 Å². The van der Waals surface area contributed by atoms with Crippen molar-refractivity contribution in [2.75, 3.05) is 6.61 Å². The van der Waals surface area contributed by atoms with E-state index in [1.807, 2.05) is 54.6 Å². The van der Waals surface area contributed by atoms with Crippen LogP contribution in [0.15, 0.2) is 103 Å². The van der Waals surface area contributed by atoms with Crippen molar-refractivity contribution in [2.45, 2.75) is 31.3 Å². The molecule has 0 amide bonds. The van der Waals surface area contributed by atoms with Crippen LogP contribution in [-0.2, 0) is 15.1 Å². The third kappa shape index (κ3) is 5.05. The fourth-order valence-electron chi connectivity index (χ4n) is 3.72. The molecule has 0 aliphatic carbocycles. The van der Waals surface area contributed by atoms with Crippen molar-refractivity contribution in [3.8, 4) is 0 Å². The molecule has 30 heavy (non-hydrogen) atoms. The molecule has 0 spiro atoms. The Hall–Kier alpha value is -3.17. The van der Waals surface area contributed by atoms with Crippen molar-refractivity contribution in [2.24, 2.45) is 0 Å². The van der Waals surface area contributed by atoms with E-state index in [0.717, 1.165) is 36.0 Å². The summed E-state index contributed by atoms with van der Waals surface area (Å²) < 4.78 is 6.70. The molecule has 0 saturated heterocycles. The molecule has 0 aliphatic heterocycles. The van der Waals surface area contributed by atoms with E-state index in [1.54, 1.807) is 0 Å². The van der Waals surface area contributed by atoms with Gasteiger partial charge in [-0.25, -0.2) is 4.79 Å². The topological polar surface area (TPSA) is 46.5 Å². The number of rotatable bonds is 11. The van der Waals surface area contributed by atoms with E-state index in [0.29, 0.717) is 13.0 Å². The van der Waals surface area contributed by atoms with Gasteiger partial charge < -0.3 is 9.84 Å². The van der Waals surface area contributed by atoms with Crippen LogP contribution >= 0.6 is 0 Å². The predicted molar refractivity (Wildman–Crippen MR) is 120 cm³/mol. The SMILES string of the molecule is C=C(CCCCCOC(c1ccccc1)(c1ccccc1)c1ccccc1)C(=O)O. The summed E-state index contributed by atoms with van der Waals surface area (Å²) in [5, 5.41) is 8.95. The zero-order valence-corrected chi connectivity index (χ0v) is 17.2. The number of aliphatic carboxylic acids is 1. The molecule has 0 aliphatic rings. The van der Waals surface area contributed by atoms with E-state index in [1.165, 1.54) is 0 Å². The van der Waals surface area contributed by atoms with Gasteiger partial charge in [0.05, 0.1) is 0 Å². The summed E-state index contributed by atoms with van der Waals surface area (Å²) in [5.41, 5.74) is 2.82. The molecule has 3 aromatic carbocycles. The first kappa shape index (κ1) is 21.5. The second-order valence-corrected chi connectivity index (χ2v) is 7.35. The van der Waals surface area contributed by atoms with E-state index >= 15 is 0 Å². The maximum Gasteiger partial charge on any atom is 0.330 e. The van der Waals surface area contributed by atoms with E-state index < -0.39 is 11.6 Å². The summed E-state index contributed by atoms with van der Waals surface area (Å²) in [6, 6.07) is 30.9. The number of carbonyl (C=O) groups is 1. The van der Waals surface area contributed by atoms with Gasteiger partial charge in [0.25, 0.3) is 0 Å². The van der Waals surface area contributed by atoms with Crippen LogP contribution in [0.5, 0.6) is 0 Å². The van der Waals surface area contributed by atoms with Crippen molar-refractivity contribution in [3.63, 3.8) is 0 Å². The Labute approximate surface area is 178 Å². The summed E-state index contributed by atoms with van der Waals surface area (Å²) in [7, 11) is 0. The molecule has 0 unspecified atom stereocenters. The Morgan fingerprint density at radius 2 is 1.17 bits per heavy atom. The lowest BCUT2D eigenvalue weighted by molar-refractivity contribution is -0.132. The van der Waals surface area contributed by atoms with Crippen LogP contribution in [0.3, 0.4) is 0 Å². The number of hydrogen-bond acceptors (Lipinski definition) is 2. The Kier molecular flexibility index (Phi) is 7.58. The first-order chi connectivity index (χ1) is 14.6. The van der Waals surface area contributed by atoms with Gasteiger partial charge in [-0.2, -0.15) is 0 Å². The molecular weight excluding hydrogens is 372 g/mol. The fraction of sp³-hybridized carbons (Fsp3) is 0.222. The van der Waals surface area contributed by atoms with E-state index in [9.17, 15) is 4.79 Å². The van der Waals surface area contributed by atoms with Gasteiger partial charge in [-0.05, 0) is 36.0 Å². The summed E-state index contributed by atoms with van der Waals surface area (Å²) in [4.78, 5) is 10.9. The largest absolute Gasteiger partial charge is 0.478 e. The zero-order chi connectivity index (χ0) is 21.2. The number of hydrogen-bond donors (Lipinski definition) is 1. The van der Waals surface area contributed by atoms with Crippen LogP contribution in [0.2, 0.25) is 0 Å². The maximum atomic E-state index is 10.9. The van der Waals surface area contributed by atoms with Crippen LogP contribution < -0.4 is 0 Å². The van der Waals surface area contributed by atoms with Gasteiger partial charge in [0.1, 0.15) is 5.60 Å². The van der Waals surface area contributed by atoms with E-state index in [4.69, 9.17) is 9.84 Å². The van der Waals surface area contributed by atoms with E-state index in [2.05, 4.69) is 43.0 Å². The van der Waals surface area contributed by atoms with Gasteiger partial charge in [-0.15, -0.1) is 0 Å². The van der Waals surface area contributed by atoms with Gasteiger partial charge in [0.2, 0.25) is 0 Å². The molecule has 3 heteroatoms. The van der Waals surface area contributed by atoms with Crippen LogP contribution in [-0.4, -0.2) is 17.7 Å². The molecule has 0 fully saturated rings. The standard InChI is InChI=1S/C27H28O3/c1-22(26(28)29)14-6-5-13-21-30-27(23-15-7-2-8-16-23,24-17-9-3-10-18-24)25-19-11-4-12-20-25/h2-4,7-12,15-20H,1,5-6,13-14,21H2,(H,28,29). The lowest BCUT2D eigenvalue weighted by Gasteiger charge is -2.36. The average Bonchev–Trinajstić information content (AvgIpc) is 2.80. The smallest absolute Gasteiger partial charge is 0.330 e. The molecular formula is C27H28O3. The van der Waals surface area contributed by atoms with Crippen molar-refractivity contribution >= 4 is 5.97 Å². The minimum Gasteiger partial charge on any atom is -0.478 e. The Bertz CT molecular complexity index is 837. The Morgan fingerprint density at radius 3 is 1.57 bits per heavy atom.